The Bertz CT molecular complexity index is 519. The van der Waals surface area contributed by atoms with Crippen LogP contribution in [-0.4, -0.2) is 29.6 Å². The minimum atomic E-state index is -1.12. The fourth-order valence-corrected chi connectivity index (χ4v) is 1.33. The van der Waals surface area contributed by atoms with Crippen molar-refractivity contribution in [3.05, 3.63) is 29.8 Å². The Morgan fingerprint density at radius 2 is 2.00 bits per heavy atom. The van der Waals surface area contributed by atoms with Crippen LogP contribution in [0, 0.1) is 0 Å². The van der Waals surface area contributed by atoms with Crippen molar-refractivity contribution in [2.45, 2.75) is 6.04 Å². The fraction of sp³-hybridized carbons (Fsp3) is 0.167. The number of aliphatic hydroxyl groups excluding tert-OH is 1. The van der Waals surface area contributed by atoms with Gasteiger partial charge >= 0.3 is 0 Å². The molecular formula is C12H17ClN4O3. The zero-order valence-electron chi connectivity index (χ0n) is 10.6. The zero-order chi connectivity index (χ0) is 14.4. The monoisotopic (exact) mass is 300 g/mol. The first-order chi connectivity index (χ1) is 8.93. The number of carbonyl (C=O) groups is 2. The molecule has 1 rings (SSSR count). The third kappa shape index (κ3) is 5.17. The topological polar surface area (TPSA) is 144 Å². The third-order valence-corrected chi connectivity index (χ3v) is 2.37. The summed E-state index contributed by atoms with van der Waals surface area (Å²) in [6, 6.07) is 3.75. The van der Waals surface area contributed by atoms with E-state index in [1.165, 1.54) is 12.2 Å². The summed E-state index contributed by atoms with van der Waals surface area (Å²) in [7, 11) is 0. The number of nitrogens with one attached hydrogen (secondary N) is 1. The molecule has 0 saturated heterocycles. The molecule has 110 valence electrons. The standard InChI is InChI=1S/C12H16N4O3.ClH/c13-8-2-3-9(14)7(5-8)1-4-11(18)16-10(6-17)12(15)19;/h1-5,10,17H,6,13-14H2,(H2,15,19)(H,16,18);1H/b4-1+;. The van der Waals surface area contributed by atoms with Crippen molar-refractivity contribution >= 4 is 41.7 Å². The van der Waals surface area contributed by atoms with Crippen LogP contribution in [0.15, 0.2) is 24.3 Å². The number of hydrogen-bond donors (Lipinski definition) is 5. The second-order valence-corrected chi connectivity index (χ2v) is 3.87. The van der Waals surface area contributed by atoms with Crippen LogP contribution < -0.4 is 22.5 Å². The molecule has 2 amide bonds. The van der Waals surface area contributed by atoms with Gasteiger partial charge in [0.25, 0.3) is 0 Å². The molecule has 1 atom stereocenters. The molecule has 7 nitrogen and oxygen atoms in total. The van der Waals surface area contributed by atoms with Gasteiger partial charge < -0.3 is 27.6 Å². The van der Waals surface area contributed by atoms with Crippen molar-refractivity contribution in [2.75, 3.05) is 18.1 Å². The summed E-state index contributed by atoms with van der Waals surface area (Å²) in [5.41, 5.74) is 17.8. The summed E-state index contributed by atoms with van der Waals surface area (Å²) in [5, 5.41) is 11.1. The number of amides is 2. The summed E-state index contributed by atoms with van der Waals surface area (Å²) < 4.78 is 0. The summed E-state index contributed by atoms with van der Waals surface area (Å²) in [4.78, 5) is 22.3. The second-order valence-electron chi connectivity index (χ2n) is 3.87. The highest BCUT2D eigenvalue weighted by Gasteiger charge is 2.14. The molecule has 0 spiro atoms. The number of primary amides is 1. The van der Waals surface area contributed by atoms with Crippen molar-refractivity contribution in [3.8, 4) is 0 Å². The first kappa shape index (κ1) is 17.8. The van der Waals surface area contributed by atoms with Crippen LogP contribution in [0.5, 0.6) is 0 Å². The van der Waals surface area contributed by atoms with Gasteiger partial charge in [-0.05, 0) is 29.8 Å². The van der Waals surface area contributed by atoms with E-state index >= 15 is 0 Å². The molecule has 0 fully saturated rings. The summed E-state index contributed by atoms with van der Waals surface area (Å²) in [5.74, 6) is -1.38. The molecule has 0 bridgehead atoms. The van der Waals surface area contributed by atoms with E-state index in [0.717, 1.165) is 0 Å². The first-order valence-corrected chi connectivity index (χ1v) is 5.47. The number of anilines is 2. The highest BCUT2D eigenvalue weighted by Crippen LogP contribution is 2.16. The summed E-state index contributed by atoms with van der Waals surface area (Å²) in [6.45, 7) is -0.560. The van der Waals surface area contributed by atoms with E-state index in [-0.39, 0.29) is 12.4 Å². The lowest BCUT2D eigenvalue weighted by Gasteiger charge is -2.10. The molecule has 1 unspecified atom stereocenters. The van der Waals surface area contributed by atoms with Gasteiger partial charge in [0, 0.05) is 17.5 Å². The maximum absolute atomic E-state index is 11.5. The molecule has 8 heteroatoms. The van der Waals surface area contributed by atoms with Crippen molar-refractivity contribution in [3.63, 3.8) is 0 Å². The van der Waals surface area contributed by atoms with Gasteiger partial charge in [0.15, 0.2) is 0 Å². The summed E-state index contributed by atoms with van der Waals surface area (Å²) in [6.07, 6.45) is 2.63. The Morgan fingerprint density at radius 3 is 2.55 bits per heavy atom. The van der Waals surface area contributed by atoms with Gasteiger partial charge in [-0.1, -0.05) is 0 Å². The zero-order valence-corrected chi connectivity index (χ0v) is 11.4. The lowest BCUT2D eigenvalue weighted by atomic mass is 10.1. The van der Waals surface area contributed by atoms with E-state index in [2.05, 4.69) is 5.32 Å². The fourth-order valence-electron chi connectivity index (χ4n) is 1.33. The maximum atomic E-state index is 11.5. The molecule has 20 heavy (non-hydrogen) atoms. The largest absolute Gasteiger partial charge is 0.399 e. The Kier molecular flexibility index (Phi) is 7.12. The summed E-state index contributed by atoms with van der Waals surface area (Å²) >= 11 is 0. The minimum absolute atomic E-state index is 0. The number of aliphatic hydroxyl groups is 1. The number of benzene rings is 1. The van der Waals surface area contributed by atoms with Crippen LogP contribution in [0.25, 0.3) is 6.08 Å². The number of nitrogens with two attached hydrogens (primary N) is 3. The molecule has 0 aliphatic rings. The van der Waals surface area contributed by atoms with Crippen LogP contribution in [0.1, 0.15) is 5.56 Å². The third-order valence-electron chi connectivity index (χ3n) is 2.37. The van der Waals surface area contributed by atoms with E-state index in [0.29, 0.717) is 16.9 Å². The smallest absolute Gasteiger partial charge is 0.244 e. The average Bonchev–Trinajstić information content (AvgIpc) is 2.36. The molecule has 0 aliphatic carbocycles. The lowest BCUT2D eigenvalue weighted by Crippen LogP contribution is -2.46. The number of halogens is 1. The molecule has 0 heterocycles. The van der Waals surface area contributed by atoms with Gasteiger partial charge in [0.05, 0.1) is 6.61 Å². The first-order valence-electron chi connectivity index (χ1n) is 5.47. The van der Waals surface area contributed by atoms with Crippen LogP contribution in [-0.2, 0) is 9.59 Å². The average molecular weight is 301 g/mol. The van der Waals surface area contributed by atoms with Gasteiger partial charge in [-0.2, -0.15) is 0 Å². The molecule has 0 aliphatic heterocycles. The molecule has 0 radical (unpaired) electrons. The van der Waals surface area contributed by atoms with E-state index in [1.807, 2.05) is 0 Å². The van der Waals surface area contributed by atoms with Crippen molar-refractivity contribution in [1.29, 1.82) is 0 Å². The van der Waals surface area contributed by atoms with Crippen molar-refractivity contribution in [1.82, 2.24) is 5.32 Å². The van der Waals surface area contributed by atoms with Crippen molar-refractivity contribution < 1.29 is 14.7 Å². The molecule has 1 aromatic carbocycles. The van der Waals surface area contributed by atoms with Gasteiger partial charge in [-0.3, -0.25) is 9.59 Å². The quantitative estimate of drug-likeness (QED) is 0.359. The predicted molar refractivity (Wildman–Crippen MR) is 79.8 cm³/mol. The van der Waals surface area contributed by atoms with E-state index in [4.69, 9.17) is 22.3 Å². The Labute approximate surface area is 122 Å². The number of rotatable bonds is 5. The molecule has 0 aromatic heterocycles. The Hall–Kier alpha value is -2.25. The van der Waals surface area contributed by atoms with Crippen LogP contribution in [0.2, 0.25) is 0 Å². The molecule has 0 saturated carbocycles. The second kappa shape index (κ2) is 8.03. The minimum Gasteiger partial charge on any atom is -0.399 e. The van der Waals surface area contributed by atoms with Crippen LogP contribution in [0.3, 0.4) is 0 Å². The highest BCUT2D eigenvalue weighted by atomic mass is 35.5. The maximum Gasteiger partial charge on any atom is 0.244 e. The SMILES string of the molecule is Cl.NC(=O)C(CO)NC(=O)/C=C/c1cc(N)ccc1N. The van der Waals surface area contributed by atoms with E-state index in [9.17, 15) is 9.59 Å². The molecular weight excluding hydrogens is 284 g/mol. The van der Waals surface area contributed by atoms with E-state index in [1.54, 1.807) is 18.2 Å². The normalized spacial score (nSPS) is 11.7. The van der Waals surface area contributed by atoms with Gasteiger partial charge in [0.1, 0.15) is 6.04 Å². The Morgan fingerprint density at radius 1 is 1.35 bits per heavy atom. The Balaban J connectivity index is 0.00000361. The number of hydrogen-bond acceptors (Lipinski definition) is 5. The van der Waals surface area contributed by atoms with Crippen LogP contribution in [0.4, 0.5) is 11.4 Å². The molecule has 1 aromatic rings. The highest BCUT2D eigenvalue weighted by molar-refractivity contribution is 5.95. The predicted octanol–water partition coefficient (Wildman–Crippen LogP) is -0.752. The number of nitrogen functional groups attached to an aromatic ring is 2. The van der Waals surface area contributed by atoms with Gasteiger partial charge in [-0.15, -0.1) is 12.4 Å². The van der Waals surface area contributed by atoms with Gasteiger partial charge in [0.2, 0.25) is 11.8 Å². The number of carbonyl (C=O) groups excluding carboxylic acids is 2. The van der Waals surface area contributed by atoms with Crippen LogP contribution >= 0.6 is 12.4 Å². The molecule has 8 N–H and O–H groups in total. The van der Waals surface area contributed by atoms with E-state index < -0.39 is 24.5 Å². The van der Waals surface area contributed by atoms with Crippen molar-refractivity contribution in [2.24, 2.45) is 5.73 Å². The lowest BCUT2D eigenvalue weighted by molar-refractivity contribution is -0.125. The van der Waals surface area contributed by atoms with Gasteiger partial charge in [-0.25, -0.2) is 0 Å².